The minimum absolute atomic E-state index is 0.00371. The third-order valence-electron chi connectivity index (χ3n) is 4.76. The van der Waals surface area contributed by atoms with E-state index in [4.69, 9.17) is 11.6 Å². The predicted octanol–water partition coefficient (Wildman–Crippen LogP) is 4.13. The summed E-state index contributed by atoms with van der Waals surface area (Å²) in [4.78, 5) is 26.8. The zero-order chi connectivity index (χ0) is 18.7. The summed E-state index contributed by atoms with van der Waals surface area (Å²) in [6.07, 6.45) is 0.237. The predicted molar refractivity (Wildman–Crippen MR) is 104 cm³/mol. The average Bonchev–Trinajstić information content (AvgIpc) is 3.02. The third kappa shape index (κ3) is 3.91. The van der Waals surface area contributed by atoms with Gasteiger partial charge in [0.1, 0.15) is 0 Å². The van der Waals surface area contributed by atoms with Gasteiger partial charge in [-0.1, -0.05) is 61.8 Å². The molecule has 2 aromatic rings. The van der Waals surface area contributed by atoms with Gasteiger partial charge in [0.15, 0.2) is 0 Å². The molecule has 0 aromatic heterocycles. The number of nitrogens with one attached hydrogen (secondary N) is 1. The fourth-order valence-electron chi connectivity index (χ4n) is 3.31. The Balaban J connectivity index is 1.68. The van der Waals surface area contributed by atoms with Crippen LogP contribution in [0, 0.1) is 5.92 Å². The van der Waals surface area contributed by atoms with Crippen LogP contribution in [0.25, 0.3) is 0 Å². The first-order valence-electron chi connectivity index (χ1n) is 8.87. The number of rotatable bonds is 5. The van der Waals surface area contributed by atoms with Gasteiger partial charge in [0.25, 0.3) is 0 Å². The van der Waals surface area contributed by atoms with Gasteiger partial charge in [0, 0.05) is 30.2 Å². The summed E-state index contributed by atoms with van der Waals surface area (Å²) in [5.74, 6) is -0.143. The van der Waals surface area contributed by atoms with E-state index in [0.717, 1.165) is 16.8 Å². The lowest BCUT2D eigenvalue weighted by Gasteiger charge is -2.22. The monoisotopic (exact) mass is 370 g/mol. The quantitative estimate of drug-likeness (QED) is 0.860. The summed E-state index contributed by atoms with van der Waals surface area (Å²) in [5.41, 5.74) is 2.90. The maximum absolute atomic E-state index is 12.5. The lowest BCUT2D eigenvalue weighted by molar-refractivity contribution is -0.126. The second-order valence-corrected chi connectivity index (χ2v) is 7.34. The number of hydrogen-bond donors (Lipinski definition) is 1. The van der Waals surface area contributed by atoms with Crippen molar-refractivity contribution in [1.29, 1.82) is 0 Å². The van der Waals surface area contributed by atoms with E-state index in [1.165, 1.54) is 0 Å². The van der Waals surface area contributed by atoms with Crippen LogP contribution in [0.1, 0.15) is 37.3 Å². The average molecular weight is 371 g/mol. The lowest BCUT2D eigenvalue weighted by atomic mass is 10.0. The Morgan fingerprint density at radius 1 is 1.19 bits per heavy atom. The first-order valence-corrected chi connectivity index (χ1v) is 9.25. The molecule has 5 heteroatoms. The molecule has 3 rings (SSSR count). The highest BCUT2D eigenvalue weighted by atomic mass is 35.5. The molecule has 2 aromatic carbocycles. The Bertz CT molecular complexity index is 819. The van der Waals surface area contributed by atoms with E-state index in [-0.39, 0.29) is 24.2 Å². The Hall–Kier alpha value is -2.33. The topological polar surface area (TPSA) is 49.4 Å². The van der Waals surface area contributed by atoms with Crippen LogP contribution in [0.5, 0.6) is 0 Å². The molecule has 2 amide bonds. The van der Waals surface area contributed by atoms with E-state index in [0.29, 0.717) is 24.0 Å². The van der Waals surface area contributed by atoms with Crippen molar-refractivity contribution >= 4 is 29.1 Å². The number of halogens is 1. The molecular formula is C21H23ClN2O2. The van der Waals surface area contributed by atoms with Gasteiger partial charge in [-0.2, -0.15) is 0 Å². The smallest absolute Gasteiger partial charge is 0.227 e. The number of amides is 2. The Labute approximate surface area is 159 Å². The van der Waals surface area contributed by atoms with Crippen molar-refractivity contribution in [2.45, 2.75) is 32.7 Å². The van der Waals surface area contributed by atoms with Gasteiger partial charge in [0.2, 0.25) is 11.8 Å². The number of benzene rings is 2. The minimum Gasteiger partial charge on any atom is -0.352 e. The van der Waals surface area contributed by atoms with Gasteiger partial charge in [-0.3, -0.25) is 9.59 Å². The zero-order valence-corrected chi connectivity index (χ0v) is 15.8. The van der Waals surface area contributed by atoms with Crippen LogP contribution >= 0.6 is 11.6 Å². The normalized spacial score (nSPS) is 17.0. The molecule has 0 bridgehead atoms. The van der Waals surface area contributed by atoms with Gasteiger partial charge in [-0.25, -0.2) is 0 Å². The second-order valence-electron chi connectivity index (χ2n) is 6.93. The first-order chi connectivity index (χ1) is 12.5. The first kappa shape index (κ1) is 18.5. The molecular weight excluding hydrogens is 348 g/mol. The number of anilines is 1. The molecule has 0 spiro atoms. The summed E-state index contributed by atoms with van der Waals surface area (Å²) in [7, 11) is 0. The lowest BCUT2D eigenvalue weighted by Crippen LogP contribution is -2.33. The van der Waals surface area contributed by atoms with E-state index in [1.54, 1.807) is 11.0 Å². The summed E-state index contributed by atoms with van der Waals surface area (Å²) in [6.45, 7) is 4.99. The van der Waals surface area contributed by atoms with Crippen molar-refractivity contribution in [1.82, 2.24) is 5.32 Å². The molecule has 1 N–H and O–H groups in total. The number of nitrogens with zero attached hydrogens (tertiary/aromatic N) is 1. The Morgan fingerprint density at radius 2 is 1.88 bits per heavy atom. The van der Waals surface area contributed by atoms with E-state index in [2.05, 4.69) is 19.2 Å². The molecule has 1 saturated heterocycles. The molecule has 1 unspecified atom stereocenters. The van der Waals surface area contributed by atoms with Crippen LogP contribution in [-0.2, 0) is 16.1 Å². The van der Waals surface area contributed by atoms with Crippen molar-refractivity contribution in [3.8, 4) is 0 Å². The van der Waals surface area contributed by atoms with Gasteiger partial charge in [-0.05, 0) is 29.2 Å². The van der Waals surface area contributed by atoms with E-state index < -0.39 is 0 Å². The maximum atomic E-state index is 12.5. The molecule has 1 fully saturated rings. The molecule has 0 radical (unpaired) electrons. The van der Waals surface area contributed by atoms with E-state index in [1.807, 2.05) is 42.5 Å². The molecule has 1 heterocycles. The molecule has 136 valence electrons. The van der Waals surface area contributed by atoms with Crippen molar-refractivity contribution in [2.75, 3.05) is 11.4 Å². The van der Waals surface area contributed by atoms with Crippen LogP contribution in [0.4, 0.5) is 5.69 Å². The molecule has 1 aliphatic heterocycles. The largest absolute Gasteiger partial charge is 0.352 e. The molecule has 4 nitrogen and oxygen atoms in total. The third-order valence-corrected chi connectivity index (χ3v) is 5.13. The minimum atomic E-state index is -0.342. The van der Waals surface area contributed by atoms with Crippen molar-refractivity contribution in [3.05, 3.63) is 64.7 Å². The fraction of sp³-hybridized carbons (Fsp3) is 0.333. The highest BCUT2D eigenvalue weighted by molar-refractivity contribution is 6.31. The van der Waals surface area contributed by atoms with E-state index >= 15 is 0 Å². The maximum Gasteiger partial charge on any atom is 0.227 e. The van der Waals surface area contributed by atoms with Crippen LogP contribution in [-0.4, -0.2) is 18.4 Å². The highest BCUT2D eigenvalue weighted by Gasteiger charge is 2.36. The van der Waals surface area contributed by atoms with Gasteiger partial charge >= 0.3 is 0 Å². The van der Waals surface area contributed by atoms with Gasteiger partial charge < -0.3 is 10.2 Å². The van der Waals surface area contributed by atoms with E-state index in [9.17, 15) is 9.59 Å². The standard InChI is InChI=1S/C21H23ClN2O2/c1-14(2)17-8-4-6-10-19(17)24-13-16(11-20(24)25)21(26)23-12-15-7-3-5-9-18(15)22/h3-10,14,16H,11-13H2,1-2H3,(H,23,26). The van der Waals surface area contributed by atoms with Crippen molar-refractivity contribution in [2.24, 2.45) is 5.92 Å². The van der Waals surface area contributed by atoms with Crippen LogP contribution < -0.4 is 10.2 Å². The molecule has 1 aliphatic rings. The van der Waals surface area contributed by atoms with Crippen molar-refractivity contribution in [3.63, 3.8) is 0 Å². The van der Waals surface area contributed by atoms with Gasteiger partial charge in [0.05, 0.1) is 5.92 Å². The van der Waals surface area contributed by atoms with Gasteiger partial charge in [-0.15, -0.1) is 0 Å². The Morgan fingerprint density at radius 3 is 2.62 bits per heavy atom. The zero-order valence-electron chi connectivity index (χ0n) is 15.0. The number of carbonyl (C=O) groups excluding carboxylic acids is 2. The van der Waals surface area contributed by atoms with Crippen molar-refractivity contribution < 1.29 is 9.59 Å². The molecule has 0 aliphatic carbocycles. The van der Waals surface area contributed by atoms with Crippen LogP contribution in [0.2, 0.25) is 5.02 Å². The molecule has 1 atom stereocenters. The number of para-hydroxylation sites is 1. The summed E-state index contributed by atoms with van der Waals surface area (Å²) in [5, 5.41) is 3.54. The second kappa shape index (κ2) is 7.92. The van der Waals surface area contributed by atoms with Crippen LogP contribution in [0.3, 0.4) is 0 Å². The van der Waals surface area contributed by atoms with Crippen LogP contribution in [0.15, 0.2) is 48.5 Å². The summed E-state index contributed by atoms with van der Waals surface area (Å²) < 4.78 is 0. The Kier molecular flexibility index (Phi) is 5.62. The SMILES string of the molecule is CC(C)c1ccccc1N1CC(C(=O)NCc2ccccc2Cl)CC1=O. The molecule has 26 heavy (non-hydrogen) atoms. The summed E-state index contributed by atoms with van der Waals surface area (Å²) >= 11 is 6.13. The number of hydrogen-bond acceptors (Lipinski definition) is 2. The molecule has 0 saturated carbocycles. The highest BCUT2D eigenvalue weighted by Crippen LogP contribution is 2.32. The summed E-state index contributed by atoms with van der Waals surface area (Å²) in [6, 6.07) is 15.3. The fourth-order valence-corrected chi connectivity index (χ4v) is 3.51. The number of carbonyl (C=O) groups is 2.